The average Bonchev–Trinajstić information content (AvgIpc) is 2.68. The van der Waals surface area contributed by atoms with Gasteiger partial charge in [-0.3, -0.25) is 10.00 Å². The Kier molecular flexibility index (Phi) is 3.61. The molecule has 0 fully saturated rings. The Morgan fingerprint density at radius 2 is 2.31 bits per heavy atom. The van der Waals surface area contributed by atoms with Gasteiger partial charge in [0.2, 0.25) is 0 Å². The van der Waals surface area contributed by atoms with Crippen LogP contribution in [0.2, 0.25) is 0 Å². The van der Waals surface area contributed by atoms with Gasteiger partial charge in [-0.2, -0.15) is 5.10 Å². The fourth-order valence-electron chi connectivity index (χ4n) is 2.21. The Labute approximate surface area is 97.4 Å². The Morgan fingerprint density at radius 1 is 1.50 bits per heavy atom. The summed E-state index contributed by atoms with van der Waals surface area (Å²) in [5, 5.41) is 10.9. The summed E-state index contributed by atoms with van der Waals surface area (Å²) in [6, 6.07) is 0.620. The SMILES string of the molecule is CCNCc1n[nH]c2c1CN(C(C)C)CC2. The van der Waals surface area contributed by atoms with E-state index in [0.29, 0.717) is 6.04 Å². The summed E-state index contributed by atoms with van der Waals surface area (Å²) in [5.74, 6) is 0. The van der Waals surface area contributed by atoms with Crippen LogP contribution in [-0.2, 0) is 19.5 Å². The van der Waals surface area contributed by atoms with E-state index in [0.717, 1.165) is 32.6 Å². The number of nitrogens with zero attached hydrogens (tertiary/aromatic N) is 2. The number of aromatic nitrogens is 2. The van der Waals surface area contributed by atoms with Gasteiger partial charge in [-0.05, 0) is 20.4 Å². The van der Waals surface area contributed by atoms with Gasteiger partial charge in [-0.1, -0.05) is 6.92 Å². The molecule has 0 bridgehead atoms. The van der Waals surface area contributed by atoms with Crippen LogP contribution in [0.25, 0.3) is 0 Å². The molecule has 0 atom stereocenters. The van der Waals surface area contributed by atoms with Crippen molar-refractivity contribution in [1.29, 1.82) is 0 Å². The second-order valence-corrected chi connectivity index (χ2v) is 4.72. The van der Waals surface area contributed by atoms with Crippen LogP contribution in [0.3, 0.4) is 0 Å². The van der Waals surface area contributed by atoms with E-state index in [9.17, 15) is 0 Å². The van der Waals surface area contributed by atoms with Gasteiger partial charge in [0.25, 0.3) is 0 Å². The molecule has 1 aromatic heterocycles. The lowest BCUT2D eigenvalue weighted by atomic mass is 10.0. The standard InChI is InChI=1S/C12H22N4/c1-4-13-7-12-10-8-16(9(2)3)6-5-11(10)14-15-12/h9,13H,4-8H2,1-3H3,(H,14,15). The highest BCUT2D eigenvalue weighted by atomic mass is 15.2. The van der Waals surface area contributed by atoms with Crippen molar-refractivity contribution in [3.05, 3.63) is 17.0 Å². The maximum Gasteiger partial charge on any atom is 0.0807 e. The molecule has 0 radical (unpaired) electrons. The normalized spacial score (nSPS) is 16.8. The van der Waals surface area contributed by atoms with E-state index in [1.165, 1.54) is 17.0 Å². The van der Waals surface area contributed by atoms with Gasteiger partial charge in [-0.15, -0.1) is 0 Å². The highest BCUT2D eigenvalue weighted by molar-refractivity contribution is 5.27. The zero-order valence-electron chi connectivity index (χ0n) is 10.5. The first-order valence-corrected chi connectivity index (χ1v) is 6.22. The summed E-state index contributed by atoms with van der Waals surface area (Å²) in [7, 11) is 0. The number of nitrogens with one attached hydrogen (secondary N) is 2. The van der Waals surface area contributed by atoms with Crippen LogP contribution in [-0.4, -0.2) is 34.2 Å². The van der Waals surface area contributed by atoms with Gasteiger partial charge < -0.3 is 5.32 Å². The Bertz CT molecular complexity index is 343. The molecular formula is C12H22N4. The maximum atomic E-state index is 4.41. The van der Waals surface area contributed by atoms with Crippen LogP contribution >= 0.6 is 0 Å². The van der Waals surface area contributed by atoms with Crippen molar-refractivity contribution < 1.29 is 0 Å². The average molecular weight is 222 g/mol. The number of hydrogen-bond acceptors (Lipinski definition) is 3. The molecule has 0 amide bonds. The molecule has 0 spiro atoms. The van der Waals surface area contributed by atoms with Crippen LogP contribution in [0.1, 0.15) is 37.7 Å². The topological polar surface area (TPSA) is 44.0 Å². The molecule has 90 valence electrons. The predicted molar refractivity (Wildman–Crippen MR) is 65.2 cm³/mol. The van der Waals surface area contributed by atoms with E-state index in [1.54, 1.807) is 0 Å². The van der Waals surface area contributed by atoms with E-state index >= 15 is 0 Å². The van der Waals surface area contributed by atoms with Crippen molar-refractivity contribution in [1.82, 2.24) is 20.4 Å². The molecule has 0 unspecified atom stereocenters. The minimum absolute atomic E-state index is 0.620. The Balaban J connectivity index is 2.11. The van der Waals surface area contributed by atoms with Gasteiger partial charge >= 0.3 is 0 Å². The molecule has 0 aromatic carbocycles. The Hall–Kier alpha value is -0.870. The van der Waals surface area contributed by atoms with E-state index in [-0.39, 0.29) is 0 Å². The molecule has 4 nitrogen and oxygen atoms in total. The zero-order valence-corrected chi connectivity index (χ0v) is 10.5. The van der Waals surface area contributed by atoms with Gasteiger partial charge in [0.15, 0.2) is 0 Å². The van der Waals surface area contributed by atoms with E-state index in [1.807, 2.05) is 0 Å². The van der Waals surface area contributed by atoms with E-state index < -0.39 is 0 Å². The van der Waals surface area contributed by atoms with Gasteiger partial charge in [0.1, 0.15) is 0 Å². The van der Waals surface area contributed by atoms with Crippen LogP contribution in [0.4, 0.5) is 0 Å². The van der Waals surface area contributed by atoms with Crippen molar-refractivity contribution in [2.24, 2.45) is 0 Å². The van der Waals surface area contributed by atoms with Crippen molar-refractivity contribution in [3.8, 4) is 0 Å². The zero-order chi connectivity index (χ0) is 11.5. The third-order valence-corrected chi connectivity index (χ3v) is 3.32. The van der Waals surface area contributed by atoms with Crippen molar-refractivity contribution in [3.63, 3.8) is 0 Å². The highest BCUT2D eigenvalue weighted by Gasteiger charge is 2.22. The molecule has 1 aliphatic heterocycles. The van der Waals surface area contributed by atoms with Gasteiger partial charge in [-0.25, -0.2) is 0 Å². The molecule has 0 aliphatic carbocycles. The molecule has 16 heavy (non-hydrogen) atoms. The minimum atomic E-state index is 0.620. The molecule has 2 rings (SSSR count). The molecule has 1 aromatic rings. The summed E-state index contributed by atoms with van der Waals surface area (Å²) in [5.41, 5.74) is 3.95. The van der Waals surface area contributed by atoms with Crippen LogP contribution in [0.15, 0.2) is 0 Å². The van der Waals surface area contributed by atoms with Gasteiger partial charge in [0, 0.05) is 43.4 Å². The molecule has 0 saturated carbocycles. The molecule has 2 heterocycles. The fourth-order valence-corrected chi connectivity index (χ4v) is 2.21. The summed E-state index contributed by atoms with van der Waals surface area (Å²) >= 11 is 0. The molecule has 4 heteroatoms. The fraction of sp³-hybridized carbons (Fsp3) is 0.750. The minimum Gasteiger partial charge on any atom is -0.311 e. The van der Waals surface area contributed by atoms with Crippen molar-refractivity contribution >= 4 is 0 Å². The molecular weight excluding hydrogens is 200 g/mol. The number of rotatable bonds is 4. The van der Waals surface area contributed by atoms with Crippen molar-refractivity contribution in [2.45, 2.75) is 46.3 Å². The number of H-pyrrole nitrogens is 1. The lowest BCUT2D eigenvalue weighted by Crippen LogP contribution is -2.36. The lowest BCUT2D eigenvalue weighted by molar-refractivity contribution is 0.202. The first-order chi connectivity index (χ1) is 7.72. The van der Waals surface area contributed by atoms with E-state index in [4.69, 9.17) is 0 Å². The second kappa shape index (κ2) is 4.97. The number of fused-ring (bicyclic) bond motifs is 1. The maximum absolute atomic E-state index is 4.41. The van der Waals surface area contributed by atoms with Crippen LogP contribution < -0.4 is 5.32 Å². The quantitative estimate of drug-likeness (QED) is 0.806. The third-order valence-electron chi connectivity index (χ3n) is 3.32. The summed E-state index contributed by atoms with van der Waals surface area (Å²) < 4.78 is 0. The summed E-state index contributed by atoms with van der Waals surface area (Å²) in [6.07, 6.45) is 1.10. The number of hydrogen-bond donors (Lipinski definition) is 2. The summed E-state index contributed by atoms with van der Waals surface area (Å²) in [4.78, 5) is 2.51. The predicted octanol–water partition coefficient (Wildman–Crippen LogP) is 1.29. The Morgan fingerprint density at radius 3 is 3.00 bits per heavy atom. The second-order valence-electron chi connectivity index (χ2n) is 4.72. The highest BCUT2D eigenvalue weighted by Crippen LogP contribution is 2.21. The van der Waals surface area contributed by atoms with E-state index in [2.05, 4.69) is 41.2 Å². The van der Waals surface area contributed by atoms with Gasteiger partial charge in [0.05, 0.1) is 5.69 Å². The molecule has 0 saturated heterocycles. The largest absolute Gasteiger partial charge is 0.311 e. The van der Waals surface area contributed by atoms with Crippen molar-refractivity contribution in [2.75, 3.05) is 13.1 Å². The molecule has 2 N–H and O–H groups in total. The first kappa shape index (κ1) is 11.6. The van der Waals surface area contributed by atoms with Crippen LogP contribution in [0, 0.1) is 0 Å². The molecule has 1 aliphatic rings. The third kappa shape index (κ3) is 2.28. The number of aromatic amines is 1. The summed E-state index contributed by atoms with van der Waals surface area (Å²) in [6.45, 7) is 10.7. The monoisotopic (exact) mass is 222 g/mol. The lowest BCUT2D eigenvalue weighted by Gasteiger charge is -2.30. The van der Waals surface area contributed by atoms with Crippen LogP contribution in [0.5, 0.6) is 0 Å². The first-order valence-electron chi connectivity index (χ1n) is 6.22. The smallest absolute Gasteiger partial charge is 0.0807 e.